The van der Waals surface area contributed by atoms with E-state index in [1.165, 1.54) is 0 Å². The van der Waals surface area contributed by atoms with Crippen LogP contribution in [-0.2, 0) is 22.7 Å². The van der Waals surface area contributed by atoms with Crippen LogP contribution in [0.2, 0.25) is 0 Å². The number of hydrogen-bond donors (Lipinski definition) is 3. The van der Waals surface area contributed by atoms with Gasteiger partial charge >= 0.3 is 0 Å². The molecule has 2 aliphatic rings. The fraction of sp³-hybridized carbons (Fsp3) is 0.429. The highest BCUT2D eigenvalue weighted by Gasteiger charge is 2.39. The van der Waals surface area contributed by atoms with Crippen LogP contribution in [0, 0.1) is 0 Å². The molecule has 3 N–H and O–H groups in total. The monoisotopic (exact) mass is 276 g/mol. The first-order valence-electron chi connectivity index (χ1n) is 6.60. The summed E-state index contributed by atoms with van der Waals surface area (Å²) >= 11 is 0. The number of hydrogen-bond acceptors (Lipinski definition) is 5. The van der Waals surface area contributed by atoms with Gasteiger partial charge in [-0.1, -0.05) is 12.1 Å². The lowest BCUT2D eigenvalue weighted by molar-refractivity contribution is -0.141. The Morgan fingerprint density at radius 3 is 2.85 bits per heavy atom. The average Bonchev–Trinajstić information content (AvgIpc) is 2.76. The zero-order valence-corrected chi connectivity index (χ0v) is 10.9. The van der Waals surface area contributed by atoms with E-state index in [0.717, 1.165) is 16.7 Å². The van der Waals surface area contributed by atoms with Gasteiger partial charge in [-0.05, 0) is 23.6 Å². The van der Waals surface area contributed by atoms with Gasteiger partial charge in [0.05, 0.1) is 12.6 Å². The molecule has 2 aliphatic heterocycles. The second-order valence-electron chi connectivity index (χ2n) is 5.20. The first-order valence-corrected chi connectivity index (χ1v) is 6.60. The smallest absolute Gasteiger partial charge is 0.244 e. The Bertz CT molecular complexity index is 572. The normalized spacial score (nSPS) is 26.5. The Kier molecular flexibility index (Phi) is 3.29. The summed E-state index contributed by atoms with van der Waals surface area (Å²) in [6.07, 6.45) is -0.166. The number of amides is 2. The van der Waals surface area contributed by atoms with E-state index in [4.69, 9.17) is 5.11 Å². The second-order valence-corrected chi connectivity index (χ2v) is 5.20. The number of rotatable bonds is 2. The Morgan fingerprint density at radius 1 is 1.35 bits per heavy atom. The van der Waals surface area contributed by atoms with Crippen LogP contribution in [0.15, 0.2) is 18.2 Å². The third kappa shape index (κ3) is 2.11. The van der Waals surface area contributed by atoms with Crippen LogP contribution in [0.1, 0.15) is 35.8 Å². The summed E-state index contributed by atoms with van der Waals surface area (Å²) in [5, 5.41) is 21.8. The van der Waals surface area contributed by atoms with Crippen molar-refractivity contribution in [2.24, 2.45) is 0 Å². The van der Waals surface area contributed by atoms with E-state index in [2.05, 4.69) is 5.32 Å². The third-order valence-electron chi connectivity index (χ3n) is 3.95. The summed E-state index contributed by atoms with van der Waals surface area (Å²) in [5.74, 6) is -0.615. The van der Waals surface area contributed by atoms with E-state index in [1.54, 1.807) is 17.0 Å². The zero-order chi connectivity index (χ0) is 14.3. The van der Waals surface area contributed by atoms with Crippen molar-refractivity contribution in [3.63, 3.8) is 0 Å². The Hall–Kier alpha value is -1.76. The standard InChI is InChI=1S/C14H16N2O4/c17-7-8-1-2-9-6-16(14(20)10(9)5-8)11-3-4-12(18)15-13(11)19/h1-2,5,11,14,17,20H,3-4,6-7H2,(H,15,18,19). The van der Waals surface area contributed by atoms with Gasteiger partial charge in [0.1, 0.15) is 6.23 Å². The molecule has 0 aliphatic carbocycles. The highest BCUT2D eigenvalue weighted by molar-refractivity contribution is 6.00. The largest absolute Gasteiger partial charge is 0.392 e. The molecular formula is C14H16N2O4. The maximum absolute atomic E-state index is 11.9. The molecule has 2 unspecified atom stereocenters. The van der Waals surface area contributed by atoms with Crippen molar-refractivity contribution in [1.29, 1.82) is 0 Å². The lowest BCUT2D eigenvalue weighted by atomic mass is 10.0. The van der Waals surface area contributed by atoms with Gasteiger partial charge in [-0.15, -0.1) is 0 Å². The van der Waals surface area contributed by atoms with Crippen LogP contribution in [0.5, 0.6) is 0 Å². The summed E-state index contributed by atoms with van der Waals surface area (Å²) in [6, 6.07) is 4.93. The van der Waals surface area contributed by atoms with Crippen molar-refractivity contribution >= 4 is 11.8 Å². The molecule has 0 radical (unpaired) electrons. The number of fused-ring (bicyclic) bond motifs is 1. The van der Waals surface area contributed by atoms with E-state index < -0.39 is 12.3 Å². The first-order chi connectivity index (χ1) is 9.60. The molecule has 1 fully saturated rings. The predicted octanol–water partition coefficient (Wildman–Crippen LogP) is -0.209. The highest BCUT2D eigenvalue weighted by atomic mass is 16.3. The number of aliphatic hydroxyl groups excluding tert-OH is 2. The van der Waals surface area contributed by atoms with Gasteiger partial charge in [0.2, 0.25) is 11.8 Å². The minimum absolute atomic E-state index is 0.0849. The van der Waals surface area contributed by atoms with Crippen LogP contribution in [0.4, 0.5) is 0 Å². The SMILES string of the molecule is O=C1CCC(N2Cc3ccc(CO)cc3C2O)C(=O)N1. The van der Waals surface area contributed by atoms with Gasteiger partial charge in [-0.2, -0.15) is 0 Å². The summed E-state index contributed by atoms with van der Waals surface area (Å²) in [4.78, 5) is 24.8. The number of carbonyl (C=O) groups is 2. The topological polar surface area (TPSA) is 89.9 Å². The lowest BCUT2D eigenvalue weighted by Gasteiger charge is -2.31. The van der Waals surface area contributed by atoms with Crippen molar-refractivity contribution in [1.82, 2.24) is 10.2 Å². The van der Waals surface area contributed by atoms with E-state index in [1.807, 2.05) is 6.07 Å². The number of aliphatic hydroxyl groups is 2. The number of nitrogens with one attached hydrogen (secondary N) is 1. The van der Waals surface area contributed by atoms with E-state index in [-0.39, 0.29) is 24.8 Å². The zero-order valence-electron chi connectivity index (χ0n) is 10.9. The molecule has 2 atom stereocenters. The molecule has 1 aromatic carbocycles. The molecular weight excluding hydrogens is 260 g/mol. The van der Waals surface area contributed by atoms with Crippen LogP contribution >= 0.6 is 0 Å². The predicted molar refractivity (Wildman–Crippen MR) is 69.0 cm³/mol. The fourth-order valence-electron chi connectivity index (χ4n) is 2.87. The molecule has 0 bridgehead atoms. The van der Waals surface area contributed by atoms with Gasteiger partial charge in [0, 0.05) is 18.5 Å². The minimum atomic E-state index is -0.875. The molecule has 6 heteroatoms. The van der Waals surface area contributed by atoms with Crippen molar-refractivity contribution in [3.8, 4) is 0 Å². The maximum Gasteiger partial charge on any atom is 0.244 e. The summed E-state index contributed by atoms with van der Waals surface area (Å²) in [7, 11) is 0. The summed E-state index contributed by atoms with van der Waals surface area (Å²) in [5.41, 5.74) is 2.40. The molecule has 1 aromatic rings. The van der Waals surface area contributed by atoms with Crippen LogP contribution in [-0.4, -0.2) is 33.0 Å². The van der Waals surface area contributed by atoms with Crippen molar-refractivity contribution in [2.75, 3.05) is 0 Å². The summed E-state index contributed by atoms with van der Waals surface area (Å²) < 4.78 is 0. The number of carbonyl (C=O) groups excluding carboxylic acids is 2. The van der Waals surface area contributed by atoms with Gasteiger partial charge in [0.25, 0.3) is 0 Å². The molecule has 2 heterocycles. The van der Waals surface area contributed by atoms with Crippen LogP contribution in [0.25, 0.3) is 0 Å². The van der Waals surface area contributed by atoms with Gasteiger partial charge in [-0.25, -0.2) is 0 Å². The number of benzene rings is 1. The van der Waals surface area contributed by atoms with Gasteiger partial charge < -0.3 is 10.2 Å². The third-order valence-corrected chi connectivity index (χ3v) is 3.95. The van der Waals surface area contributed by atoms with E-state index >= 15 is 0 Å². The van der Waals surface area contributed by atoms with E-state index in [0.29, 0.717) is 13.0 Å². The quantitative estimate of drug-likeness (QED) is 0.650. The molecule has 1 saturated heterocycles. The number of nitrogens with zero attached hydrogens (tertiary/aromatic N) is 1. The van der Waals surface area contributed by atoms with Crippen LogP contribution in [0.3, 0.4) is 0 Å². The highest BCUT2D eigenvalue weighted by Crippen LogP contribution is 2.35. The molecule has 3 rings (SSSR count). The first kappa shape index (κ1) is 13.2. The molecule has 6 nitrogen and oxygen atoms in total. The van der Waals surface area contributed by atoms with E-state index in [9.17, 15) is 14.7 Å². The Morgan fingerprint density at radius 2 is 2.15 bits per heavy atom. The lowest BCUT2D eigenvalue weighted by Crippen LogP contribution is -2.51. The number of piperidine rings is 1. The Balaban J connectivity index is 1.84. The van der Waals surface area contributed by atoms with Crippen LogP contribution < -0.4 is 5.32 Å². The molecule has 2 amide bonds. The van der Waals surface area contributed by atoms with Crippen molar-refractivity contribution in [3.05, 3.63) is 34.9 Å². The number of imide groups is 1. The molecule has 20 heavy (non-hydrogen) atoms. The van der Waals surface area contributed by atoms with Crippen molar-refractivity contribution in [2.45, 2.75) is 38.3 Å². The minimum Gasteiger partial charge on any atom is -0.392 e. The molecule has 0 aromatic heterocycles. The fourth-order valence-corrected chi connectivity index (χ4v) is 2.87. The van der Waals surface area contributed by atoms with Gasteiger partial charge in [-0.3, -0.25) is 19.8 Å². The Labute approximate surface area is 116 Å². The van der Waals surface area contributed by atoms with Gasteiger partial charge in [0.15, 0.2) is 0 Å². The molecule has 106 valence electrons. The van der Waals surface area contributed by atoms with Crippen molar-refractivity contribution < 1.29 is 19.8 Å². The maximum atomic E-state index is 11.9. The second kappa shape index (κ2) is 4.97. The molecule has 0 saturated carbocycles. The summed E-state index contributed by atoms with van der Waals surface area (Å²) in [6.45, 7) is 0.382. The molecule has 0 spiro atoms. The average molecular weight is 276 g/mol.